The number of amides is 2. The second-order valence-corrected chi connectivity index (χ2v) is 6.09. The summed E-state index contributed by atoms with van der Waals surface area (Å²) in [5.74, 6) is 0. The van der Waals surface area contributed by atoms with Crippen molar-refractivity contribution in [2.24, 2.45) is 0 Å². The number of urea groups is 1. The second-order valence-electron chi connectivity index (χ2n) is 6.09. The van der Waals surface area contributed by atoms with Crippen LogP contribution < -0.4 is 5.32 Å². The lowest BCUT2D eigenvalue weighted by Crippen LogP contribution is -2.51. The van der Waals surface area contributed by atoms with Gasteiger partial charge in [-0.25, -0.2) is 4.79 Å². The molecule has 2 amide bonds. The van der Waals surface area contributed by atoms with E-state index in [4.69, 9.17) is 0 Å². The minimum atomic E-state index is 0.0481. The Morgan fingerprint density at radius 3 is 2.46 bits per heavy atom. The highest BCUT2D eigenvalue weighted by Crippen LogP contribution is 2.07. The van der Waals surface area contributed by atoms with Crippen LogP contribution in [0.2, 0.25) is 0 Å². The topological polar surface area (TPSA) is 48.5 Å². The lowest BCUT2D eigenvalue weighted by Gasteiger charge is -2.34. The third-order valence-electron chi connectivity index (χ3n) is 4.32. The number of carbonyl (C=O) groups is 1. The van der Waals surface area contributed by atoms with Crippen LogP contribution in [0.15, 0.2) is 54.9 Å². The van der Waals surface area contributed by atoms with Crippen molar-refractivity contribution in [1.82, 2.24) is 20.1 Å². The summed E-state index contributed by atoms with van der Waals surface area (Å²) in [6, 6.07) is 14.3. The summed E-state index contributed by atoms with van der Waals surface area (Å²) in [5, 5.41) is 3.02. The molecular formula is C19H24N4O. The molecule has 1 aliphatic rings. The predicted molar refractivity (Wildman–Crippen MR) is 94.6 cm³/mol. The molecule has 0 radical (unpaired) electrons. The van der Waals surface area contributed by atoms with E-state index in [0.717, 1.165) is 39.1 Å². The quantitative estimate of drug-likeness (QED) is 0.917. The number of hydrogen-bond donors (Lipinski definition) is 1. The normalized spacial score (nSPS) is 15.2. The summed E-state index contributed by atoms with van der Waals surface area (Å²) in [4.78, 5) is 20.7. The smallest absolute Gasteiger partial charge is 0.317 e. The van der Waals surface area contributed by atoms with Crippen molar-refractivity contribution >= 4 is 6.03 Å². The van der Waals surface area contributed by atoms with Crippen LogP contribution in [0.3, 0.4) is 0 Å². The fourth-order valence-electron chi connectivity index (χ4n) is 2.93. The number of rotatable bonds is 5. The third-order valence-corrected chi connectivity index (χ3v) is 4.32. The lowest BCUT2D eigenvalue weighted by molar-refractivity contribution is 0.135. The zero-order valence-electron chi connectivity index (χ0n) is 13.9. The van der Waals surface area contributed by atoms with Gasteiger partial charge in [-0.1, -0.05) is 36.4 Å². The molecular weight excluding hydrogens is 300 g/mol. The van der Waals surface area contributed by atoms with E-state index in [2.05, 4.69) is 33.4 Å². The van der Waals surface area contributed by atoms with Crippen LogP contribution in [0.4, 0.5) is 4.79 Å². The molecule has 0 spiro atoms. The van der Waals surface area contributed by atoms with E-state index in [0.29, 0.717) is 6.54 Å². The zero-order valence-corrected chi connectivity index (χ0v) is 13.9. The molecule has 1 aromatic heterocycles. The third kappa shape index (κ3) is 4.80. The van der Waals surface area contributed by atoms with Gasteiger partial charge in [-0.3, -0.25) is 9.88 Å². The molecule has 2 aromatic rings. The van der Waals surface area contributed by atoms with Gasteiger partial charge in [0.25, 0.3) is 0 Å². The molecule has 0 saturated carbocycles. The number of piperazine rings is 1. The molecule has 0 bridgehead atoms. The average molecular weight is 324 g/mol. The van der Waals surface area contributed by atoms with Gasteiger partial charge in [0, 0.05) is 51.7 Å². The van der Waals surface area contributed by atoms with Crippen LogP contribution in [-0.2, 0) is 13.0 Å². The van der Waals surface area contributed by atoms with Crippen molar-refractivity contribution in [2.75, 3.05) is 32.7 Å². The molecule has 0 unspecified atom stereocenters. The zero-order chi connectivity index (χ0) is 16.6. The summed E-state index contributed by atoms with van der Waals surface area (Å²) in [6.07, 6.45) is 4.57. The van der Waals surface area contributed by atoms with Crippen LogP contribution >= 0.6 is 0 Å². The molecule has 5 heteroatoms. The first-order chi connectivity index (χ1) is 11.8. The molecule has 1 N–H and O–H groups in total. The fraction of sp³-hybridized carbons (Fsp3) is 0.368. The highest BCUT2D eigenvalue weighted by atomic mass is 16.2. The molecule has 3 rings (SSSR count). The molecule has 1 aliphatic heterocycles. The van der Waals surface area contributed by atoms with Crippen LogP contribution in [0.25, 0.3) is 0 Å². The first-order valence-corrected chi connectivity index (χ1v) is 8.49. The maximum atomic E-state index is 12.2. The van der Waals surface area contributed by atoms with Gasteiger partial charge in [-0.15, -0.1) is 0 Å². The Morgan fingerprint density at radius 1 is 1.00 bits per heavy atom. The number of nitrogens with one attached hydrogen (secondary N) is 1. The molecule has 2 heterocycles. The van der Waals surface area contributed by atoms with E-state index < -0.39 is 0 Å². The fourth-order valence-corrected chi connectivity index (χ4v) is 2.93. The van der Waals surface area contributed by atoms with Gasteiger partial charge in [0.15, 0.2) is 0 Å². The van der Waals surface area contributed by atoms with Gasteiger partial charge in [0.1, 0.15) is 0 Å². The Kier molecular flexibility index (Phi) is 5.80. The van der Waals surface area contributed by atoms with E-state index in [1.807, 2.05) is 35.4 Å². The maximum Gasteiger partial charge on any atom is 0.317 e. The number of hydrogen-bond acceptors (Lipinski definition) is 3. The Bertz CT molecular complexity index is 624. The molecule has 0 atom stereocenters. The average Bonchev–Trinajstić information content (AvgIpc) is 2.64. The second kappa shape index (κ2) is 8.45. The number of pyridine rings is 1. The van der Waals surface area contributed by atoms with E-state index in [-0.39, 0.29) is 6.03 Å². The summed E-state index contributed by atoms with van der Waals surface area (Å²) in [6.45, 7) is 4.94. The van der Waals surface area contributed by atoms with Gasteiger partial charge >= 0.3 is 6.03 Å². The Balaban J connectivity index is 1.37. The number of carbonyl (C=O) groups excluding carboxylic acids is 1. The number of nitrogens with zero attached hydrogens (tertiary/aromatic N) is 3. The van der Waals surface area contributed by atoms with Gasteiger partial charge < -0.3 is 10.2 Å². The van der Waals surface area contributed by atoms with E-state index in [1.54, 1.807) is 6.20 Å². The summed E-state index contributed by atoms with van der Waals surface area (Å²) < 4.78 is 0. The molecule has 0 aliphatic carbocycles. The highest BCUT2D eigenvalue weighted by molar-refractivity contribution is 5.74. The van der Waals surface area contributed by atoms with Crippen molar-refractivity contribution in [2.45, 2.75) is 13.0 Å². The minimum Gasteiger partial charge on any atom is -0.338 e. The first kappa shape index (κ1) is 16.5. The summed E-state index contributed by atoms with van der Waals surface area (Å²) in [5.41, 5.74) is 2.47. The monoisotopic (exact) mass is 324 g/mol. The largest absolute Gasteiger partial charge is 0.338 e. The molecule has 1 fully saturated rings. The van der Waals surface area contributed by atoms with Crippen molar-refractivity contribution in [3.05, 3.63) is 66.0 Å². The Hall–Kier alpha value is -2.40. The van der Waals surface area contributed by atoms with Crippen molar-refractivity contribution in [3.63, 3.8) is 0 Å². The predicted octanol–water partition coefficient (Wildman–Crippen LogP) is 2.15. The van der Waals surface area contributed by atoms with Crippen LogP contribution in [0, 0.1) is 0 Å². The number of benzene rings is 1. The highest BCUT2D eigenvalue weighted by Gasteiger charge is 2.20. The maximum absolute atomic E-state index is 12.2. The molecule has 1 saturated heterocycles. The van der Waals surface area contributed by atoms with Crippen molar-refractivity contribution < 1.29 is 4.79 Å². The minimum absolute atomic E-state index is 0.0481. The van der Waals surface area contributed by atoms with Gasteiger partial charge in [-0.2, -0.15) is 0 Å². The number of aromatic nitrogens is 1. The lowest BCUT2D eigenvalue weighted by atomic mass is 10.1. The Labute approximate surface area is 143 Å². The molecule has 126 valence electrons. The van der Waals surface area contributed by atoms with E-state index in [1.165, 1.54) is 11.1 Å². The standard InChI is InChI=1S/C19H24N4O/c24-19(21-10-8-17-5-2-1-3-6-17)23-13-11-22(12-14-23)16-18-7-4-9-20-15-18/h1-7,9,15H,8,10-14,16H2,(H,21,24). The van der Waals surface area contributed by atoms with Crippen molar-refractivity contribution in [1.29, 1.82) is 0 Å². The van der Waals surface area contributed by atoms with Crippen molar-refractivity contribution in [3.8, 4) is 0 Å². The van der Waals surface area contributed by atoms with Crippen LogP contribution in [0.5, 0.6) is 0 Å². The van der Waals surface area contributed by atoms with Gasteiger partial charge in [0.2, 0.25) is 0 Å². The molecule has 24 heavy (non-hydrogen) atoms. The molecule has 5 nitrogen and oxygen atoms in total. The Morgan fingerprint density at radius 2 is 1.75 bits per heavy atom. The van der Waals surface area contributed by atoms with Crippen LogP contribution in [-0.4, -0.2) is 53.5 Å². The van der Waals surface area contributed by atoms with E-state index >= 15 is 0 Å². The van der Waals surface area contributed by atoms with Gasteiger partial charge in [-0.05, 0) is 23.6 Å². The first-order valence-electron chi connectivity index (χ1n) is 8.49. The SMILES string of the molecule is O=C(NCCc1ccccc1)N1CCN(Cc2cccnc2)CC1. The summed E-state index contributed by atoms with van der Waals surface area (Å²) >= 11 is 0. The van der Waals surface area contributed by atoms with Crippen LogP contribution in [0.1, 0.15) is 11.1 Å². The van der Waals surface area contributed by atoms with Gasteiger partial charge in [0.05, 0.1) is 0 Å². The van der Waals surface area contributed by atoms with E-state index in [9.17, 15) is 4.79 Å². The molecule has 1 aromatic carbocycles. The summed E-state index contributed by atoms with van der Waals surface area (Å²) in [7, 11) is 0.